The van der Waals surface area contributed by atoms with Gasteiger partial charge in [0.15, 0.2) is 5.82 Å². The number of methoxy groups -OCH3 is 1. The number of para-hydroxylation sites is 1. The van der Waals surface area contributed by atoms with Crippen LogP contribution in [0.4, 0.5) is 20.4 Å². The van der Waals surface area contributed by atoms with E-state index in [0.29, 0.717) is 80.9 Å². The molecule has 2 aliphatic heterocycles. The fraction of sp³-hybridized carbons (Fsp3) is 0.478. The molecule has 11 nitrogen and oxygen atoms in total. The first-order chi connectivity index (χ1) is 17.5. The van der Waals surface area contributed by atoms with Crippen molar-refractivity contribution in [3.05, 3.63) is 30.1 Å². The monoisotopic (exact) mass is 502 g/mol. The molecule has 13 heteroatoms. The van der Waals surface area contributed by atoms with Gasteiger partial charge in [0.2, 0.25) is 11.9 Å². The number of nitrogens with zero attached hydrogens (tertiary/aromatic N) is 7. The van der Waals surface area contributed by atoms with E-state index in [-0.39, 0.29) is 18.4 Å². The number of morpholine rings is 1. The molecule has 2 aliphatic rings. The fourth-order valence-corrected chi connectivity index (χ4v) is 4.55. The summed E-state index contributed by atoms with van der Waals surface area (Å²) in [6, 6.07) is 6.94. The number of anilines is 2. The second kappa shape index (κ2) is 10.2. The van der Waals surface area contributed by atoms with Gasteiger partial charge in [-0.1, -0.05) is 6.07 Å². The van der Waals surface area contributed by atoms with Crippen LogP contribution in [0.2, 0.25) is 0 Å². The van der Waals surface area contributed by atoms with Crippen molar-refractivity contribution in [2.45, 2.75) is 6.43 Å². The van der Waals surface area contributed by atoms with Crippen LogP contribution in [0.15, 0.2) is 24.3 Å². The third-order valence-electron chi connectivity index (χ3n) is 6.44. The molecule has 192 valence electrons. The molecule has 4 heterocycles. The third kappa shape index (κ3) is 4.51. The average molecular weight is 503 g/mol. The van der Waals surface area contributed by atoms with Crippen LogP contribution in [0.1, 0.15) is 12.2 Å². The van der Waals surface area contributed by atoms with Gasteiger partial charge in [0, 0.05) is 45.3 Å². The number of fused-ring (bicyclic) bond motifs is 1. The quantitative estimate of drug-likeness (QED) is 0.531. The van der Waals surface area contributed by atoms with Gasteiger partial charge in [-0.15, -0.1) is 0 Å². The second-order valence-electron chi connectivity index (χ2n) is 8.49. The zero-order valence-electron chi connectivity index (χ0n) is 19.9. The van der Waals surface area contributed by atoms with E-state index in [1.165, 1.54) is 11.7 Å². The summed E-state index contributed by atoms with van der Waals surface area (Å²) in [5.41, 5.74) is 6.25. The Labute approximate surface area is 206 Å². The van der Waals surface area contributed by atoms with E-state index >= 15 is 0 Å². The molecule has 3 aromatic rings. The number of nitrogens with two attached hydrogens (primary N) is 1. The molecule has 0 atom stereocenters. The Morgan fingerprint density at radius 2 is 1.72 bits per heavy atom. The summed E-state index contributed by atoms with van der Waals surface area (Å²) in [5.74, 6) is 1.12. The van der Waals surface area contributed by atoms with E-state index in [1.807, 2.05) is 15.9 Å². The topological polar surface area (TPSA) is 115 Å². The van der Waals surface area contributed by atoms with E-state index in [2.05, 4.69) is 4.98 Å². The van der Waals surface area contributed by atoms with Crippen molar-refractivity contribution >= 4 is 28.6 Å². The molecule has 2 aromatic heterocycles. The molecule has 0 unspecified atom stereocenters. The van der Waals surface area contributed by atoms with Crippen LogP contribution in [-0.2, 0) is 9.53 Å². The lowest BCUT2D eigenvalue weighted by Gasteiger charge is -2.36. The van der Waals surface area contributed by atoms with Crippen molar-refractivity contribution in [1.29, 1.82) is 0 Å². The lowest BCUT2D eigenvalue weighted by atomic mass is 10.3. The van der Waals surface area contributed by atoms with Crippen LogP contribution >= 0.6 is 0 Å². The number of carbonyl (C=O) groups excluding carboxylic acids is 1. The number of imidazole rings is 1. The average Bonchev–Trinajstić information content (AvgIpc) is 3.33. The maximum Gasteiger partial charge on any atom is 0.296 e. The summed E-state index contributed by atoms with van der Waals surface area (Å²) in [5, 5.41) is 0. The van der Waals surface area contributed by atoms with Crippen LogP contribution < -0.4 is 20.3 Å². The number of rotatable bonds is 6. The highest BCUT2D eigenvalue weighted by Gasteiger charge is 2.27. The highest BCUT2D eigenvalue weighted by Crippen LogP contribution is 2.33. The van der Waals surface area contributed by atoms with Gasteiger partial charge < -0.3 is 29.9 Å². The molecule has 1 aromatic carbocycles. The van der Waals surface area contributed by atoms with Gasteiger partial charge in [-0.05, 0) is 12.1 Å². The minimum absolute atomic E-state index is 0.0353. The third-order valence-corrected chi connectivity index (χ3v) is 6.44. The van der Waals surface area contributed by atoms with Gasteiger partial charge in [0.25, 0.3) is 6.43 Å². The van der Waals surface area contributed by atoms with Crippen molar-refractivity contribution in [3.8, 4) is 11.7 Å². The number of ether oxygens (including phenoxy) is 2. The first-order valence-electron chi connectivity index (χ1n) is 11.8. The number of alkyl halides is 2. The molecule has 2 fully saturated rings. The van der Waals surface area contributed by atoms with Crippen molar-refractivity contribution in [3.63, 3.8) is 0 Å². The smallest absolute Gasteiger partial charge is 0.296 e. The van der Waals surface area contributed by atoms with Crippen molar-refractivity contribution in [2.24, 2.45) is 5.73 Å². The van der Waals surface area contributed by atoms with E-state index in [0.717, 1.165) is 0 Å². The summed E-state index contributed by atoms with van der Waals surface area (Å²) in [6.45, 7) is 4.35. The van der Waals surface area contributed by atoms with Crippen molar-refractivity contribution in [1.82, 2.24) is 24.4 Å². The number of halogens is 2. The lowest BCUT2D eigenvalue weighted by molar-refractivity contribution is -0.129. The molecule has 36 heavy (non-hydrogen) atoms. The molecule has 2 N–H and O–H groups in total. The highest BCUT2D eigenvalue weighted by molar-refractivity contribution is 5.84. The summed E-state index contributed by atoms with van der Waals surface area (Å²) in [7, 11) is 1.47. The molecular formula is C23H28F2N8O3. The van der Waals surface area contributed by atoms with Gasteiger partial charge in [-0.3, -0.25) is 9.36 Å². The Balaban J connectivity index is 1.61. The predicted octanol–water partition coefficient (Wildman–Crippen LogP) is 1.21. The minimum Gasteiger partial charge on any atom is -0.494 e. The summed E-state index contributed by atoms with van der Waals surface area (Å²) >= 11 is 0. The Morgan fingerprint density at radius 3 is 2.33 bits per heavy atom. The first-order valence-corrected chi connectivity index (χ1v) is 11.8. The van der Waals surface area contributed by atoms with Gasteiger partial charge in [-0.2, -0.15) is 9.97 Å². The number of amides is 1. The molecule has 0 aliphatic carbocycles. The Kier molecular flexibility index (Phi) is 6.83. The van der Waals surface area contributed by atoms with Crippen LogP contribution in [0.3, 0.4) is 0 Å². The fourth-order valence-electron chi connectivity index (χ4n) is 4.55. The van der Waals surface area contributed by atoms with Crippen LogP contribution in [-0.4, -0.2) is 96.5 Å². The number of hydrogen-bond acceptors (Lipinski definition) is 9. The van der Waals surface area contributed by atoms with Gasteiger partial charge in [-0.25, -0.2) is 13.8 Å². The van der Waals surface area contributed by atoms with E-state index < -0.39 is 12.2 Å². The summed E-state index contributed by atoms with van der Waals surface area (Å²) < 4.78 is 40.5. The van der Waals surface area contributed by atoms with Gasteiger partial charge in [0.1, 0.15) is 22.9 Å². The minimum atomic E-state index is -2.85. The largest absolute Gasteiger partial charge is 0.494 e. The predicted molar refractivity (Wildman–Crippen MR) is 129 cm³/mol. The normalized spacial score (nSPS) is 16.8. The molecule has 0 bridgehead atoms. The van der Waals surface area contributed by atoms with E-state index in [1.54, 1.807) is 23.1 Å². The lowest BCUT2D eigenvalue weighted by Crippen LogP contribution is -2.50. The first kappa shape index (κ1) is 24.1. The van der Waals surface area contributed by atoms with Gasteiger partial charge in [0.05, 0.1) is 32.4 Å². The summed E-state index contributed by atoms with van der Waals surface area (Å²) in [6.07, 6.45) is -2.85. The maximum atomic E-state index is 14.2. The number of hydrogen-bond donors (Lipinski definition) is 1. The Morgan fingerprint density at radius 1 is 1.06 bits per heavy atom. The SMILES string of the molecule is COc1cccc2c1nc(C(F)F)n2-c1nc(N2CCOCC2)cc(N2CCN(C(=O)CN)CC2)n1. The maximum absolute atomic E-state index is 14.2. The van der Waals surface area contributed by atoms with Crippen molar-refractivity contribution in [2.75, 3.05) is 75.9 Å². The molecule has 5 rings (SSSR count). The molecule has 0 saturated carbocycles. The molecular weight excluding hydrogens is 474 g/mol. The Hall–Kier alpha value is -3.58. The molecule has 2 saturated heterocycles. The second-order valence-corrected chi connectivity index (χ2v) is 8.49. The number of carbonyl (C=O) groups is 1. The zero-order valence-corrected chi connectivity index (χ0v) is 19.9. The molecule has 1 amide bonds. The Bertz CT molecular complexity index is 1240. The highest BCUT2D eigenvalue weighted by atomic mass is 19.3. The number of aromatic nitrogens is 4. The van der Waals surface area contributed by atoms with E-state index in [4.69, 9.17) is 25.2 Å². The molecule has 0 spiro atoms. The van der Waals surface area contributed by atoms with Crippen LogP contribution in [0.25, 0.3) is 17.0 Å². The molecule has 0 radical (unpaired) electrons. The number of benzene rings is 1. The zero-order chi connectivity index (χ0) is 25.2. The van der Waals surface area contributed by atoms with Crippen molar-refractivity contribution < 1.29 is 23.0 Å². The number of piperazine rings is 1. The van der Waals surface area contributed by atoms with Crippen LogP contribution in [0.5, 0.6) is 5.75 Å². The standard InChI is InChI=1S/C23H28F2N8O3/c1-35-16-4-2-3-15-20(16)29-22(21(24)25)33(15)23-27-17(13-18(28-23)31-9-11-36-12-10-31)30-5-7-32(8-6-30)19(34)14-26/h2-4,13,21H,5-12,14,26H2,1H3. The summed E-state index contributed by atoms with van der Waals surface area (Å²) in [4.78, 5) is 31.4. The van der Waals surface area contributed by atoms with Crippen LogP contribution in [0, 0.1) is 0 Å². The van der Waals surface area contributed by atoms with Gasteiger partial charge >= 0.3 is 0 Å². The van der Waals surface area contributed by atoms with E-state index in [9.17, 15) is 13.6 Å².